The Morgan fingerprint density at radius 2 is 1.94 bits per heavy atom. The van der Waals surface area contributed by atoms with Crippen LogP contribution in [-0.2, 0) is 19.5 Å². The van der Waals surface area contributed by atoms with Gasteiger partial charge in [-0.25, -0.2) is 5.01 Å². The fraction of sp³-hybridized carbons (Fsp3) is 0.261. The number of halogens is 1. The van der Waals surface area contributed by atoms with Crippen molar-refractivity contribution in [2.75, 3.05) is 13.7 Å². The Morgan fingerprint density at radius 3 is 2.74 bits per heavy atom. The van der Waals surface area contributed by atoms with Crippen molar-refractivity contribution < 1.29 is 4.74 Å². The molecular weight excluding hydrogens is 412 g/mol. The monoisotopic (exact) mass is 434 g/mol. The maximum absolute atomic E-state index is 6.36. The Labute approximate surface area is 185 Å². The van der Waals surface area contributed by atoms with Gasteiger partial charge >= 0.3 is 0 Å². The maximum atomic E-state index is 6.36. The summed E-state index contributed by atoms with van der Waals surface area (Å²) in [5, 5.41) is 21.1. The van der Waals surface area contributed by atoms with Gasteiger partial charge in [-0.3, -0.25) is 0 Å². The molecule has 2 aromatic carbocycles. The average Bonchev–Trinajstić information content (AvgIpc) is 3.14. The number of aromatic nitrogens is 3. The standard InChI is InChI=1S/C23H23ClN6O/c1-31-18-9-6-15(7-10-18)13-30-14-17-8-11-20-21(17)22(27-29-26-20)23(28-30)25-12-16-4-2-3-5-19(16)24/h2-7,9-10,25,28H,8,11-14H2,1H3. The molecular formula is C23H23ClN6O. The summed E-state index contributed by atoms with van der Waals surface area (Å²) in [6.45, 7) is 2.10. The molecule has 158 valence electrons. The van der Waals surface area contributed by atoms with Crippen molar-refractivity contribution in [3.63, 3.8) is 0 Å². The Bertz CT molecular complexity index is 1230. The van der Waals surface area contributed by atoms with Crippen LogP contribution < -0.4 is 26.0 Å². The number of benzene rings is 2. The van der Waals surface area contributed by atoms with Gasteiger partial charge in [0, 0.05) is 29.9 Å². The Kier molecular flexibility index (Phi) is 5.44. The van der Waals surface area contributed by atoms with Gasteiger partial charge in [0.25, 0.3) is 0 Å². The minimum atomic E-state index is 0.576. The lowest BCUT2D eigenvalue weighted by molar-refractivity contribution is 0.242. The van der Waals surface area contributed by atoms with E-state index in [-0.39, 0.29) is 0 Å². The third-order valence-electron chi connectivity index (χ3n) is 5.69. The first-order valence-corrected chi connectivity index (χ1v) is 10.7. The van der Waals surface area contributed by atoms with E-state index in [1.54, 1.807) is 7.11 Å². The molecule has 0 saturated heterocycles. The van der Waals surface area contributed by atoms with Crippen LogP contribution in [-0.4, -0.2) is 34.1 Å². The van der Waals surface area contributed by atoms with E-state index in [1.807, 2.05) is 36.4 Å². The molecule has 8 heteroatoms. The second kappa shape index (κ2) is 8.53. The van der Waals surface area contributed by atoms with Gasteiger partial charge in [-0.05, 0) is 53.0 Å². The number of hydrazine groups is 1. The van der Waals surface area contributed by atoms with E-state index < -0.39 is 0 Å². The minimum absolute atomic E-state index is 0.576. The number of hydrogen-bond donors (Lipinski definition) is 2. The number of methoxy groups -OCH3 is 1. The number of rotatable bonds is 6. The molecule has 1 aliphatic heterocycles. The largest absolute Gasteiger partial charge is 0.497 e. The fourth-order valence-corrected chi connectivity index (χ4v) is 4.31. The zero-order chi connectivity index (χ0) is 21.2. The van der Waals surface area contributed by atoms with Gasteiger partial charge in [0.15, 0.2) is 0 Å². The van der Waals surface area contributed by atoms with E-state index in [4.69, 9.17) is 16.3 Å². The van der Waals surface area contributed by atoms with Crippen molar-refractivity contribution in [2.24, 2.45) is 0 Å². The van der Waals surface area contributed by atoms with Crippen LogP contribution >= 0.6 is 11.6 Å². The summed E-state index contributed by atoms with van der Waals surface area (Å²) in [7, 11) is 1.68. The number of ether oxygens (including phenoxy) is 1. The molecule has 0 radical (unpaired) electrons. The summed E-state index contributed by atoms with van der Waals surface area (Å²) in [6, 6.07) is 16.0. The van der Waals surface area contributed by atoms with Crippen LogP contribution in [0, 0.1) is 0 Å². The number of nitrogens with zero attached hydrogens (tertiary/aromatic N) is 4. The fourth-order valence-electron chi connectivity index (χ4n) is 4.11. The Balaban J connectivity index is 1.48. The number of nitrogens with one attached hydrogen (secondary N) is 2. The van der Waals surface area contributed by atoms with E-state index in [0.29, 0.717) is 6.54 Å². The highest BCUT2D eigenvalue weighted by Gasteiger charge is 2.23. The summed E-state index contributed by atoms with van der Waals surface area (Å²) < 4.78 is 5.28. The molecule has 0 unspecified atom stereocenters. The second-order valence-corrected chi connectivity index (χ2v) is 8.11. The first kappa shape index (κ1) is 19.8. The number of hydrogen-bond acceptors (Lipinski definition) is 7. The lowest BCUT2D eigenvalue weighted by atomic mass is 10.2. The van der Waals surface area contributed by atoms with Crippen molar-refractivity contribution in [2.45, 2.75) is 25.9 Å². The predicted molar refractivity (Wildman–Crippen MR) is 119 cm³/mol. The van der Waals surface area contributed by atoms with Gasteiger partial charge in [0.05, 0.1) is 12.8 Å². The van der Waals surface area contributed by atoms with Crippen LogP contribution in [0.1, 0.15) is 23.2 Å². The van der Waals surface area contributed by atoms with E-state index in [1.165, 1.54) is 11.1 Å². The lowest BCUT2D eigenvalue weighted by Gasteiger charge is -2.25. The Morgan fingerprint density at radius 1 is 1.10 bits per heavy atom. The van der Waals surface area contributed by atoms with Crippen molar-refractivity contribution in [3.05, 3.63) is 80.9 Å². The molecule has 2 heterocycles. The third kappa shape index (κ3) is 4.06. The molecule has 0 spiro atoms. The molecule has 7 nitrogen and oxygen atoms in total. The van der Waals surface area contributed by atoms with Crippen LogP contribution in [0.25, 0.3) is 11.4 Å². The Hall–Kier alpha value is -3.16. The van der Waals surface area contributed by atoms with Gasteiger partial charge in [-0.15, -0.1) is 10.2 Å². The van der Waals surface area contributed by atoms with Crippen molar-refractivity contribution >= 4 is 23.0 Å². The highest BCUT2D eigenvalue weighted by Crippen LogP contribution is 2.18. The first-order chi connectivity index (χ1) is 15.2. The SMILES string of the molecule is COc1ccc(CN2CC3=c4c(nnnc4=C(NCc4ccccc4Cl)N2)CC3)cc1. The molecule has 1 aliphatic carbocycles. The summed E-state index contributed by atoms with van der Waals surface area (Å²) in [4.78, 5) is 0. The summed E-state index contributed by atoms with van der Waals surface area (Å²) in [6.07, 6.45) is 1.88. The molecule has 0 saturated carbocycles. The van der Waals surface area contributed by atoms with Crippen LogP contribution in [0.4, 0.5) is 0 Å². The lowest BCUT2D eigenvalue weighted by Crippen LogP contribution is -2.45. The van der Waals surface area contributed by atoms with Crippen LogP contribution in [0.2, 0.25) is 5.02 Å². The summed E-state index contributed by atoms with van der Waals surface area (Å²) in [5.74, 6) is 1.67. The van der Waals surface area contributed by atoms with Gasteiger partial charge < -0.3 is 15.5 Å². The molecule has 2 N–H and O–H groups in total. The zero-order valence-electron chi connectivity index (χ0n) is 17.2. The molecule has 0 fully saturated rings. The smallest absolute Gasteiger partial charge is 0.143 e. The normalized spacial score (nSPS) is 15.3. The van der Waals surface area contributed by atoms with Crippen molar-refractivity contribution in [1.29, 1.82) is 0 Å². The molecule has 0 bridgehead atoms. The zero-order valence-corrected chi connectivity index (χ0v) is 18.0. The van der Waals surface area contributed by atoms with E-state index in [0.717, 1.165) is 64.3 Å². The minimum Gasteiger partial charge on any atom is -0.497 e. The van der Waals surface area contributed by atoms with Crippen molar-refractivity contribution in [1.82, 2.24) is 31.2 Å². The van der Waals surface area contributed by atoms with E-state index in [9.17, 15) is 0 Å². The number of aryl methyl sites for hydroxylation is 1. The average molecular weight is 435 g/mol. The van der Waals surface area contributed by atoms with Crippen LogP contribution in [0.5, 0.6) is 5.75 Å². The topological polar surface area (TPSA) is 75.2 Å². The quantitative estimate of drug-likeness (QED) is 0.609. The van der Waals surface area contributed by atoms with Gasteiger partial charge in [0.1, 0.15) is 16.9 Å². The molecule has 31 heavy (non-hydrogen) atoms. The van der Waals surface area contributed by atoms with Crippen LogP contribution in [0.3, 0.4) is 0 Å². The molecule has 1 aromatic heterocycles. The van der Waals surface area contributed by atoms with Crippen LogP contribution in [0.15, 0.2) is 48.5 Å². The summed E-state index contributed by atoms with van der Waals surface area (Å²) >= 11 is 6.36. The molecule has 0 atom stereocenters. The highest BCUT2D eigenvalue weighted by atomic mass is 35.5. The highest BCUT2D eigenvalue weighted by molar-refractivity contribution is 6.31. The first-order valence-electron chi connectivity index (χ1n) is 10.3. The third-order valence-corrected chi connectivity index (χ3v) is 6.06. The van der Waals surface area contributed by atoms with Gasteiger partial charge in [0.2, 0.25) is 0 Å². The second-order valence-electron chi connectivity index (χ2n) is 7.70. The predicted octanol–water partition coefficient (Wildman–Crippen LogP) is 1.51. The molecule has 0 amide bonds. The maximum Gasteiger partial charge on any atom is 0.143 e. The summed E-state index contributed by atoms with van der Waals surface area (Å²) in [5.41, 5.74) is 8.11. The van der Waals surface area contributed by atoms with Gasteiger partial charge in [-0.1, -0.05) is 41.9 Å². The molecule has 3 aromatic rings. The van der Waals surface area contributed by atoms with E-state index >= 15 is 0 Å². The van der Waals surface area contributed by atoms with Crippen molar-refractivity contribution in [3.8, 4) is 5.75 Å². The van der Waals surface area contributed by atoms with Gasteiger partial charge in [-0.2, -0.15) is 0 Å². The van der Waals surface area contributed by atoms with E-state index in [2.05, 4.69) is 43.3 Å². The molecule has 2 aliphatic rings. The molecule has 5 rings (SSSR count).